The molecule has 0 radical (unpaired) electrons. The van der Waals surface area contributed by atoms with Crippen molar-refractivity contribution < 1.29 is 4.39 Å². The minimum absolute atomic E-state index is 0. The summed E-state index contributed by atoms with van der Waals surface area (Å²) in [4.78, 5) is 0. The average Bonchev–Trinajstić information content (AvgIpc) is 2.04. The molecule has 3 heteroatoms. The summed E-state index contributed by atoms with van der Waals surface area (Å²) in [7, 11) is 0. The van der Waals surface area contributed by atoms with Gasteiger partial charge in [-0.3, -0.25) is 0 Å². The molecule has 1 saturated heterocycles. The molecule has 78 valence electrons. The first-order valence-electron chi connectivity index (χ1n) is 5.18. The smallest absolute Gasteiger partial charge is 0.136 e. The van der Waals surface area contributed by atoms with Crippen LogP contribution in [0.2, 0.25) is 0 Å². The van der Waals surface area contributed by atoms with Crippen LogP contribution in [0.5, 0.6) is 0 Å². The summed E-state index contributed by atoms with van der Waals surface area (Å²) in [6, 6.07) is 0. The summed E-state index contributed by atoms with van der Waals surface area (Å²) in [6.07, 6.45) is 7.38. The second kappa shape index (κ2) is 4.61. The van der Waals surface area contributed by atoms with Crippen molar-refractivity contribution >= 4 is 12.4 Å². The minimum atomic E-state index is -0.831. The van der Waals surface area contributed by atoms with Gasteiger partial charge in [0.05, 0.1) is 0 Å². The van der Waals surface area contributed by atoms with E-state index in [1.54, 1.807) is 0 Å². The van der Waals surface area contributed by atoms with Crippen molar-refractivity contribution in [2.24, 2.45) is 5.92 Å². The lowest BCUT2D eigenvalue weighted by atomic mass is 9.79. The predicted octanol–water partition coefficient (Wildman–Crippen LogP) is 2.69. The van der Waals surface area contributed by atoms with E-state index in [0.29, 0.717) is 19.0 Å². The highest BCUT2D eigenvalue weighted by molar-refractivity contribution is 5.85. The van der Waals surface area contributed by atoms with Gasteiger partial charge < -0.3 is 5.32 Å². The molecule has 1 nitrogen and oxygen atoms in total. The fourth-order valence-corrected chi connectivity index (χ4v) is 2.45. The summed E-state index contributed by atoms with van der Waals surface area (Å²) in [5, 5.41) is 3.02. The maximum absolute atomic E-state index is 13.6. The molecule has 0 unspecified atom stereocenters. The van der Waals surface area contributed by atoms with Gasteiger partial charge in [0.2, 0.25) is 0 Å². The Balaban J connectivity index is 0.000000845. The average molecular weight is 208 g/mol. The van der Waals surface area contributed by atoms with E-state index < -0.39 is 5.67 Å². The van der Waals surface area contributed by atoms with E-state index in [-0.39, 0.29) is 12.4 Å². The van der Waals surface area contributed by atoms with E-state index in [2.05, 4.69) is 5.32 Å². The Morgan fingerprint density at radius 3 is 2.23 bits per heavy atom. The second-order valence-corrected chi connectivity index (χ2v) is 4.46. The Kier molecular flexibility index (Phi) is 3.99. The van der Waals surface area contributed by atoms with Crippen molar-refractivity contribution in [2.75, 3.05) is 13.1 Å². The molecule has 0 aromatic carbocycles. The lowest BCUT2D eigenvalue weighted by Gasteiger charge is -2.38. The first-order valence-corrected chi connectivity index (χ1v) is 5.18. The van der Waals surface area contributed by atoms with Crippen molar-refractivity contribution in [1.82, 2.24) is 5.32 Å². The van der Waals surface area contributed by atoms with Crippen LogP contribution in [0, 0.1) is 5.92 Å². The van der Waals surface area contributed by atoms with E-state index >= 15 is 0 Å². The first kappa shape index (κ1) is 11.3. The Bertz CT molecular complexity index is 153. The fourth-order valence-electron chi connectivity index (χ4n) is 2.45. The molecule has 1 N–H and O–H groups in total. The molecule has 0 amide bonds. The molecular weight excluding hydrogens is 189 g/mol. The summed E-state index contributed by atoms with van der Waals surface area (Å²) < 4.78 is 13.6. The molecule has 2 rings (SSSR count). The van der Waals surface area contributed by atoms with Crippen molar-refractivity contribution in [3.63, 3.8) is 0 Å². The fraction of sp³-hybridized carbons (Fsp3) is 1.00. The molecule has 1 aliphatic heterocycles. The first-order chi connectivity index (χ1) is 5.79. The lowest BCUT2D eigenvalue weighted by molar-refractivity contribution is 0.0530. The highest BCUT2D eigenvalue weighted by atomic mass is 35.5. The van der Waals surface area contributed by atoms with Gasteiger partial charge in [-0.05, 0) is 12.3 Å². The number of rotatable bonds is 2. The quantitative estimate of drug-likeness (QED) is 0.734. The normalized spacial score (nSPS) is 27.5. The molecule has 13 heavy (non-hydrogen) atoms. The molecule has 1 heterocycles. The van der Waals surface area contributed by atoms with Gasteiger partial charge in [0.25, 0.3) is 0 Å². The van der Waals surface area contributed by atoms with Gasteiger partial charge in [0.1, 0.15) is 5.67 Å². The Hall–Kier alpha value is 0.180. The van der Waals surface area contributed by atoms with Gasteiger partial charge in [-0.15, -0.1) is 12.4 Å². The number of halogens is 2. The molecule has 0 atom stereocenters. The van der Waals surface area contributed by atoms with Gasteiger partial charge in [0.15, 0.2) is 0 Å². The summed E-state index contributed by atoms with van der Waals surface area (Å²) >= 11 is 0. The van der Waals surface area contributed by atoms with Gasteiger partial charge >= 0.3 is 0 Å². The number of hydrogen-bond donors (Lipinski definition) is 1. The molecular formula is C10H19ClFN. The van der Waals surface area contributed by atoms with Crippen molar-refractivity contribution in [1.29, 1.82) is 0 Å². The van der Waals surface area contributed by atoms with E-state index in [9.17, 15) is 4.39 Å². The molecule has 2 aliphatic rings. The predicted molar refractivity (Wildman–Crippen MR) is 55.1 cm³/mol. The van der Waals surface area contributed by atoms with E-state index in [1.165, 1.54) is 32.1 Å². The largest absolute Gasteiger partial charge is 0.310 e. The molecule has 1 aliphatic carbocycles. The molecule has 0 spiro atoms. The van der Waals surface area contributed by atoms with Crippen molar-refractivity contribution in [3.05, 3.63) is 0 Å². The Labute approximate surface area is 85.9 Å². The Morgan fingerprint density at radius 2 is 1.77 bits per heavy atom. The third-order valence-corrected chi connectivity index (χ3v) is 3.26. The lowest BCUT2D eigenvalue weighted by Crippen LogP contribution is -2.57. The summed E-state index contributed by atoms with van der Waals surface area (Å²) in [5.74, 6) is 0.686. The van der Waals surface area contributed by atoms with Crippen LogP contribution in [-0.2, 0) is 0 Å². The minimum Gasteiger partial charge on any atom is -0.310 e. The van der Waals surface area contributed by atoms with Crippen LogP contribution in [0.25, 0.3) is 0 Å². The zero-order chi connectivity index (χ0) is 8.44. The van der Waals surface area contributed by atoms with E-state index in [1.807, 2.05) is 0 Å². The van der Waals surface area contributed by atoms with Crippen LogP contribution in [0.1, 0.15) is 38.5 Å². The molecule has 1 saturated carbocycles. The second-order valence-electron chi connectivity index (χ2n) is 4.46. The number of nitrogens with one attached hydrogen (secondary N) is 1. The monoisotopic (exact) mass is 207 g/mol. The number of alkyl halides is 1. The van der Waals surface area contributed by atoms with Crippen LogP contribution in [-0.4, -0.2) is 18.8 Å². The van der Waals surface area contributed by atoms with Crippen molar-refractivity contribution in [2.45, 2.75) is 44.2 Å². The SMILES string of the molecule is Cl.FC1(CC2CCCCC2)CNC1. The summed E-state index contributed by atoms with van der Waals surface area (Å²) in [5.41, 5.74) is -0.831. The van der Waals surface area contributed by atoms with Crippen LogP contribution in [0.4, 0.5) is 4.39 Å². The van der Waals surface area contributed by atoms with Crippen molar-refractivity contribution in [3.8, 4) is 0 Å². The molecule has 0 aromatic rings. The maximum atomic E-state index is 13.6. The molecule has 0 aromatic heterocycles. The number of hydrogen-bond acceptors (Lipinski definition) is 1. The zero-order valence-corrected chi connectivity index (χ0v) is 8.84. The van der Waals surface area contributed by atoms with E-state index in [0.717, 1.165) is 6.42 Å². The third kappa shape index (κ3) is 2.81. The van der Waals surface area contributed by atoms with Crippen LogP contribution < -0.4 is 5.32 Å². The zero-order valence-electron chi connectivity index (χ0n) is 8.02. The Morgan fingerprint density at radius 1 is 1.15 bits per heavy atom. The summed E-state index contributed by atoms with van der Waals surface area (Å²) in [6.45, 7) is 1.20. The highest BCUT2D eigenvalue weighted by Crippen LogP contribution is 2.34. The van der Waals surface area contributed by atoms with Crippen LogP contribution in [0.3, 0.4) is 0 Å². The van der Waals surface area contributed by atoms with Crippen LogP contribution in [0.15, 0.2) is 0 Å². The van der Waals surface area contributed by atoms with E-state index in [4.69, 9.17) is 0 Å². The van der Waals surface area contributed by atoms with Crippen LogP contribution >= 0.6 is 12.4 Å². The van der Waals surface area contributed by atoms with Gasteiger partial charge in [-0.1, -0.05) is 32.1 Å². The van der Waals surface area contributed by atoms with Gasteiger partial charge in [-0.2, -0.15) is 0 Å². The van der Waals surface area contributed by atoms with Gasteiger partial charge in [0, 0.05) is 13.1 Å². The highest BCUT2D eigenvalue weighted by Gasteiger charge is 2.38. The standard InChI is InChI=1S/C10H18FN.ClH/c11-10(7-12-8-10)6-9-4-2-1-3-5-9;/h9,12H,1-8H2;1H. The molecule has 2 fully saturated rings. The van der Waals surface area contributed by atoms with Gasteiger partial charge in [-0.25, -0.2) is 4.39 Å². The third-order valence-electron chi connectivity index (χ3n) is 3.26. The maximum Gasteiger partial charge on any atom is 0.136 e. The molecule has 0 bridgehead atoms. The topological polar surface area (TPSA) is 12.0 Å².